The Balaban J connectivity index is 1.83. The van der Waals surface area contributed by atoms with Gasteiger partial charge in [-0.3, -0.25) is 0 Å². The van der Waals surface area contributed by atoms with Crippen molar-refractivity contribution in [3.8, 4) is 0 Å². The molecule has 0 amide bonds. The molecule has 9 heteroatoms. The van der Waals surface area contributed by atoms with Gasteiger partial charge in [0.05, 0.1) is 18.2 Å². The number of nitrogens with one attached hydrogen (secondary N) is 1. The first-order valence-electron chi connectivity index (χ1n) is 8.22. The quantitative estimate of drug-likeness (QED) is 0.522. The Kier molecular flexibility index (Phi) is 5.24. The van der Waals surface area contributed by atoms with Crippen LogP contribution in [-0.4, -0.2) is 66.5 Å². The Morgan fingerprint density at radius 1 is 1.25 bits per heavy atom. The van der Waals surface area contributed by atoms with Crippen molar-refractivity contribution >= 4 is 16.9 Å². The number of rotatable bonds is 7. The van der Waals surface area contributed by atoms with Crippen LogP contribution in [0.25, 0.3) is 11.0 Å². The van der Waals surface area contributed by atoms with Gasteiger partial charge in [0, 0.05) is 6.54 Å². The summed E-state index contributed by atoms with van der Waals surface area (Å²) in [6.07, 6.45) is 2.23. The fourth-order valence-electron chi connectivity index (χ4n) is 2.85. The van der Waals surface area contributed by atoms with Gasteiger partial charge in [-0.15, -0.1) is 0 Å². The van der Waals surface area contributed by atoms with Gasteiger partial charge in [-0.1, -0.05) is 19.8 Å². The minimum Gasteiger partial charge on any atom is -0.394 e. The normalized spacial score (nSPS) is 27.0. The van der Waals surface area contributed by atoms with Crippen LogP contribution in [0.4, 0.5) is 5.82 Å². The van der Waals surface area contributed by atoms with Crippen LogP contribution in [0.1, 0.15) is 32.4 Å². The highest BCUT2D eigenvalue weighted by Gasteiger charge is 2.44. The minimum absolute atomic E-state index is 0.382. The summed E-state index contributed by atoms with van der Waals surface area (Å²) in [5.41, 5.74) is 0.498. The molecule has 0 aliphatic carbocycles. The summed E-state index contributed by atoms with van der Waals surface area (Å²) in [5.74, 6) is 0.675. The first kappa shape index (κ1) is 17.0. The van der Waals surface area contributed by atoms with Crippen molar-refractivity contribution in [1.82, 2.24) is 19.7 Å². The number of aromatic nitrogens is 4. The second kappa shape index (κ2) is 7.39. The molecule has 24 heavy (non-hydrogen) atoms. The third-order valence-corrected chi connectivity index (χ3v) is 4.22. The molecule has 1 aliphatic rings. The molecule has 3 rings (SSSR count). The zero-order valence-electron chi connectivity index (χ0n) is 13.5. The summed E-state index contributed by atoms with van der Waals surface area (Å²) in [4.78, 5) is 8.46. The molecular weight excluding hydrogens is 314 g/mol. The van der Waals surface area contributed by atoms with Crippen molar-refractivity contribution < 1.29 is 20.1 Å². The van der Waals surface area contributed by atoms with Gasteiger partial charge >= 0.3 is 0 Å². The van der Waals surface area contributed by atoms with E-state index in [4.69, 9.17) is 4.74 Å². The second-order valence-corrected chi connectivity index (χ2v) is 5.91. The van der Waals surface area contributed by atoms with E-state index < -0.39 is 24.5 Å². The molecular formula is C15H23N5O4. The maximum Gasteiger partial charge on any atom is 0.181 e. The predicted octanol–water partition coefficient (Wildman–Crippen LogP) is 0.0399. The highest BCUT2D eigenvalue weighted by molar-refractivity contribution is 5.86. The highest BCUT2D eigenvalue weighted by atomic mass is 16.6. The Morgan fingerprint density at radius 2 is 2.08 bits per heavy atom. The Labute approximate surface area is 139 Å². The van der Waals surface area contributed by atoms with Gasteiger partial charge in [0.2, 0.25) is 0 Å². The fourth-order valence-corrected chi connectivity index (χ4v) is 2.85. The molecule has 1 fully saturated rings. The first-order valence-corrected chi connectivity index (χ1v) is 8.22. The highest BCUT2D eigenvalue weighted by Crippen LogP contribution is 2.31. The van der Waals surface area contributed by atoms with Gasteiger partial charge < -0.3 is 25.4 Å². The summed E-state index contributed by atoms with van der Waals surface area (Å²) in [6.45, 7) is 2.57. The maximum absolute atomic E-state index is 10.2. The van der Waals surface area contributed by atoms with Gasteiger partial charge in [-0.2, -0.15) is 5.10 Å². The minimum atomic E-state index is -1.19. The summed E-state index contributed by atoms with van der Waals surface area (Å²) >= 11 is 0. The lowest BCUT2D eigenvalue weighted by Crippen LogP contribution is -2.33. The molecule has 0 radical (unpaired) electrons. The largest absolute Gasteiger partial charge is 0.394 e. The zero-order chi connectivity index (χ0) is 17.1. The van der Waals surface area contributed by atoms with E-state index in [-0.39, 0.29) is 6.61 Å². The Bertz CT molecular complexity index is 679. The lowest BCUT2D eigenvalue weighted by Gasteiger charge is -2.15. The molecule has 3 heterocycles. The Hall–Kier alpha value is -1.81. The monoisotopic (exact) mass is 337 g/mol. The molecule has 2 aromatic rings. The average Bonchev–Trinajstić information content (AvgIpc) is 3.14. The van der Waals surface area contributed by atoms with E-state index in [9.17, 15) is 15.3 Å². The Morgan fingerprint density at radius 3 is 2.79 bits per heavy atom. The number of aliphatic hydroxyl groups excluding tert-OH is 3. The molecule has 4 atom stereocenters. The van der Waals surface area contributed by atoms with E-state index in [1.54, 1.807) is 6.20 Å². The van der Waals surface area contributed by atoms with Crippen LogP contribution in [0.2, 0.25) is 0 Å². The maximum atomic E-state index is 10.2. The third-order valence-electron chi connectivity index (χ3n) is 4.22. The number of hydrogen-bond donors (Lipinski definition) is 4. The van der Waals surface area contributed by atoms with Crippen LogP contribution >= 0.6 is 0 Å². The van der Waals surface area contributed by atoms with E-state index in [0.717, 1.165) is 25.8 Å². The number of fused-ring (bicyclic) bond motifs is 1. The average molecular weight is 337 g/mol. The van der Waals surface area contributed by atoms with E-state index in [0.29, 0.717) is 16.9 Å². The SMILES string of the molecule is CCCCCNc1ncnc2c1cnn2[C@@H]1O[C@H](CO)[C@@H](O)[C@H]1O. The first-order chi connectivity index (χ1) is 11.7. The van der Waals surface area contributed by atoms with Crippen molar-refractivity contribution in [2.24, 2.45) is 0 Å². The molecule has 0 aromatic carbocycles. The van der Waals surface area contributed by atoms with Crippen LogP contribution < -0.4 is 5.32 Å². The predicted molar refractivity (Wildman–Crippen MR) is 86.3 cm³/mol. The van der Waals surface area contributed by atoms with Crippen molar-refractivity contribution in [3.05, 3.63) is 12.5 Å². The van der Waals surface area contributed by atoms with E-state index in [1.807, 2.05) is 0 Å². The van der Waals surface area contributed by atoms with Gasteiger partial charge in [0.25, 0.3) is 0 Å². The molecule has 1 aliphatic heterocycles. The number of nitrogens with zero attached hydrogens (tertiary/aromatic N) is 4. The third kappa shape index (κ3) is 3.07. The number of hydrogen-bond acceptors (Lipinski definition) is 8. The molecule has 1 saturated heterocycles. The van der Waals surface area contributed by atoms with E-state index in [1.165, 1.54) is 11.0 Å². The lowest BCUT2D eigenvalue weighted by atomic mass is 10.1. The van der Waals surface area contributed by atoms with Crippen LogP contribution in [-0.2, 0) is 4.74 Å². The molecule has 2 aromatic heterocycles. The molecule has 0 unspecified atom stereocenters. The number of anilines is 1. The van der Waals surface area contributed by atoms with Crippen molar-refractivity contribution in [1.29, 1.82) is 0 Å². The number of unbranched alkanes of at least 4 members (excludes halogenated alkanes) is 2. The molecule has 9 nitrogen and oxygen atoms in total. The molecule has 0 spiro atoms. The van der Waals surface area contributed by atoms with Crippen LogP contribution in [0.3, 0.4) is 0 Å². The van der Waals surface area contributed by atoms with Crippen LogP contribution in [0.15, 0.2) is 12.5 Å². The summed E-state index contributed by atoms with van der Waals surface area (Å²) < 4.78 is 6.92. The smallest absolute Gasteiger partial charge is 0.181 e. The van der Waals surface area contributed by atoms with Crippen LogP contribution in [0, 0.1) is 0 Å². The summed E-state index contributed by atoms with van der Waals surface area (Å²) in [6, 6.07) is 0. The molecule has 4 N–H and O–H groups in total. The standard InChI is InChI=1S/C15H23N5O4/c1-2-3-4-5-16-13-9-6-19-20(14(9)18-8-17-13)15-12(23)11(22)10(7-21)24-15/h6,8,10-12,15,21-23H,2-5,7H2,1H3,(H,16,17,18)/t10-,11-,12-,15-/m1/s1. The number of aliphatic hydroxyl groups is 3. The van der Waals surface area contributed by atoms with Gasteiger partial charge in [0.15, 0.2) is 11.9 Å². The number of ether oxygens (including phenoxy) is 1. The molecule has 0 saturated carbocycles. The second-order valence-electron chi connectivity index (χ2n) is 5.91. The zero-order valence-corrected chi connectivity index (χ0v) is 13.5. The molecule has 0 bridgehead atoms. The van der Waals surface area contributed by atoms with E-state index >= 15 is 0 Å². The topological polar surface area (TPSA) is 126 Å². The lowest BCUT2D eigenvalue weighted by molar-refractivity contribution is -0.0566. The van der Waals surface area contributed by atoms with Gasteiger partial charge in [-0.05, 0) is 6.42 Å². The van der Waals surface area contributed by atoms with Gasteiger partial charge in [-0.25, -0.2) is 14.6 Å². The van der Waals surface area contributed by atoms with Crippen molar-refractivity contribution in [3.63, 3.8) is 0 Å². The fraction of sp³-hybridized carbons (Fsp3) is 0.667. The molecule has 132 valence electrons. The summed E-state index contributed by atoms with van der Waals surface area (Å²) in [5, 5.41) is 37.5. The summed E-state index contributed by atoms with van der Waals surface area (Å²) in [7, 11) is 0. The van der Waals surface area contributed by atoms with E-state index in [2.05, 4.69) is 27.3 Å². The van der Waals surface area contributed by atoms with Crippen molar-refractivity contribution in [2.45, 2.75) is 50.7 Å². The van der Waals surface area contributed by atoms with Crippen LogP contribution in [0.5, 0.6) is 0 Å². The van der Waals surface area contributed by atoms with Gasteiger partial charge in [0.1, 0.15) is 30.5 Å². The van der Waals surface area contributed by atoms with Crippen molar-refractivity contribution in [2.75, 3.05) is 18.5 Å².